The molecule has 0 bridgehead atoms. The van der Waals surface area contributed by atoms with Gasteiger partial charge in [0.1, 0.15) is 0 Å². The highest BCUT2D eigenvalue weighted by Crippen LogP contribution is 2.19. The van der Waals surface area contributed by atoms with Gasteiger partial charge in [0, 0.05) is 11.6 Å². The molecule has 4 heteroatoms. The van der Waals surface area contributed by atoms with Gasteiger partial charge in [0.05, 0.1) is 12.6 Å². The molecule has 16 heavy (non-hydrogen) atoms. The van der Waals surface area contributed by atoms with E-state index in [-0.39, 0.29) is 24.1 Å². The first kappa shape index (κ1) is 13.5. The van der Waals surface area contributed by atoms with Gasteiger partial charge in [-0.1, -0.05) is 13.8 Å². The SMILES string of the molecule is CCC(CC)(CO)NC(C)C(=O)NC1CC1. The van der Waals surface area contributed by atoms with E-state index in [1.807, 2.05) is 20.8 Å². The second-order valence-corrected chi connectivity index (χ2v) is 4.79. The molecule has 1 atom stereocenters. The molecule has 0 aromatic carbocycles. The molecule has 0 saturated heterocycles. The molecule has 0 aliphatic heterocycles. The minimum absolute atomic E-state index is 0.0437. The number of rotatable bonds is 7. The Morgan fingerprint density at radius 2 is 2.00 bits per heavy atom. The van der Waals surface area contributed by atoms with Gasteiger partial charge in [-0.3, -0.25) is 10.1 Å². The molecular formula is C12H24N2O2. The highest BCUT2D eigenvalue weighted by molar-refractivity contribution is 5.81. The Morgan fingerprint density at radius 3 is 2.38 bits per heavy atom. The first-order chi connectivity index (χ1) is 7.56. The smallest absolute Gasteiger partial charge is 0.237 e. The normalized spacial score (nSPS) is 18.2. The van der Waals surface area contributed by atoms with E-state index in [4.69, 9.17) is 0 Å². The monoisotopic (exact) mass is 228 g/mol. The van der Waals surface area contributed by atoms with Crippen molar-refractivity contribution < 1.29 is 9.90 Å². The van der Waals surface area contributed by atoms with Crippen molar-refractivity contribution in [3.05, 3.63) is 0 Å². The second kappa shape index (κ2) is 5.64. The summed E-state index contributed by atoms with van der Waals surface area (Å²) in [6.07, 6.45) is 3.85. The minimum atomic E-state index is -0.319. The molecule has 0 radical (unpaired) electrons. The lowest BCUT2D eigenvalue weighted by molar-refractivity contribution is -0.123. The van der Waals surface area contributed by atoms with Gasteiger partial charge in [0.15, 0.2) is 0 Å². The molecule has 1 aliphatic carbocycles. The topological polar surface area (TPSA) is 61.4 Å². The maximum Gasteiger partial charge on any atom is 0.237 e. The Balaban J connectivity index is 2.45. The molecule has 4 nitrogen and oxygen atoms in total. The van der Waals surface area contributed by atoms with E-state index in [1.54, 1.807) is 0 Å². The van der Waals surface area contributed by atoms with Crippen molar-refractivity contribution in [2.75, 3.05) is 6.61 Å². The number of carbonyl (C=O) groups is 1. The molecule has 0 aromatic heterocycles. The molecule has 3 N–H and O–H groups in total. The fourth-order valence-corrected chi connectivity index (χ4v) is 1.80. The highest BCUT2D eigenvalue weighted by Gasteiger charge is 2.31. The number of hydrogen-bond donors (Lipinski definition) is 3. The van der Waals surface area contributed by atoms with Crippen LogP contribution in [0.4, 0.5) is 0 Å². The van der Waals surface area contributed by atoms with E-state index in [0.717, 1.165) is 25.7 Å². The third-order valence-corrected chi connectivity index (χ3v) is 3.50. The minimum Gasteiger partial charge on any atom is -0.394 e. The summed E-state index contributed by atoms with van der Waals surface area (Å²) in [5.74, 6) is 0.0437. The van der Waals surface area contributed by atoms with Gasteiger partial charge >= 0.3 is 0 Å². The fourth-order valence-electron chi connectivity index (χ4n) is 1.80. The summed E-state index contributed by atoms with van der Waals surface area (Å²) < 4.78 is 0. The molecule has 1 aliphatic rings. The average molecular weight is 228 g/mol. The molecule has 0 heterocycles. The third kappa shape index (κ3) is 3.46. The average Bonchev–Trinajstić information content (AvgIpc) is 3.09. The van der Waals surface area contributed by atoms with Gasteiger partial charge in [0.2, 0.25) is 5.91 Å². The molecule has 1 saturated carbocycles. The maximum absolute atomic E-state index is 11.8. The number of carbonyl (C=O) groups excluding carboxylic acids is 1. The van der Waals surface area contributed by atoms with Gasteiger partial charge in [-0.25, -0.2) is 0 Å². The fraction of sp³-hybridized carbons (Fsp3) is 0.917. The van der Waals surface area contributed by atoms with Gasteiger partial charge in [-0.2, -0.15) is 0 Å². The summed E-state index contributed by atoms with van der Waals surface area (Å²) >= 11 is 0. The summed E-state index contributed by atoms with van der Waals surface area (Å²) in [6, 6.07) is 0.149. The molecular weight excluding hydrogens is 204 g/mol. The third-order valence-electron chi connectivity index (χ3n) is 3.50. The quantitative estimate of drug-likeness (QED) is 0.604. The molecule has 0 spiro atoms. The van der Waals surface area contributed by atoms with Gasteiger partial charge < -0.3 is 10.4 Å². The number of hydrogen-bond acceptors (Lipinski definition) is 3. The first-order valence-electron chi connectivity index (χ1n) is 6.26. The van der Waals surface area contributed by atoms with E-state index in [2.05, 4.69) is 10.6 Å². The van der Waals surface area contributed by atoms with Crippen LogP contribution in [0.5, 0.6) is 0 Å². The van der Waals surface area contributed by atoms with Crippen molar-refractivity contribution in [2.24, 2.45) is 0 Å². The van der Waals surface area contributed by atoms with Crippen LogP contribution in [0.2, 0.25) is 0 Å². The number of aliphatic hydroxyl groups excluding tert-OH is 1. The van der Waals surface area contributed by atoms with E-state index >= 15 is 0 Å². The Hall–Kier alpha value is -0.610. The van der Waals surface area contributed by atoms with Crippen molar-refractivity contribution in [3.63, 3.8) is 0 Å². The molecule has 1 unspecified atom stereocenters. The molecule has 1 amide bonds. The first-order valence-corrected chi connectivity index (χ1v) is 6.26. The van der Waals surface area contributed by atoms with Gasteiger partial charge in [-0.15, -0.1) is 0 Å². The lowest BCUT2D eigenvalue weighted by atomic mass is 9.93. The lowest BCUT2D eigenvalue weighted by Crippen LogP contribution is -2.56. The van der Waals surface area contributed by atoms with Crippen LogP contribution in [0.15, 0.2) is 0 Å². The van der Waals surface area contributed by atoms with E-state index in [1.165, 1.54) is 0 Å². The summed E-state index contributed by atoms with van der Waals surface area (Å²) in [4.78, 5) is 11.8. The van der Waals surface area contributed by atoms with Crippen molar-refractivity contribution in [1.82, 2.24) is 10.6 Å². The van der Waals surface area contributed by atoms with Crippen molar-refractivity contribution in [1.29, 1.82) is 0 Å². The summed E-state index contributed by atoms with van der Waals surface area (Å²) in [7, 11) is 0. The molecule has 1 rings (SSSR count). The van der Waals surface area contributed by atoms with Gasteiger partial charge in [0.25, 0.3) is 0 Å². The Morgan fingerprint density at radius 1 is 1.44 bits per heavy atom. The maximum atomic E-state index is 11.8. The second-order valence-electron chi connectivity index (χ2n) is 4.79. The zero-order valence-corrected chi connectivity index (χ0v) is 10.5. The van der Waals surface area contributed by atoms with Gasteiger partial charge in [-0.05, 0) is 32.6 Å². The zero-order valence-electron chi connectivity index (χ0n) is 10.5. The predicted octanol–water partition coefficient (Wildman–Crippen LogP) is 0.794. The number of amides is 1. The summed E-state index contributed by atoms with van der Waals surface area (Å²) in [6.45, 7) is 5.98. The van der Waals surface area contributed by atoms with Crippen LogP contribution in [0.1, 0.15) is 46.5 Å². The van der Waals surface area contributed by atoms with E-state index < -0.39 is 0 Å². The lowest BCUT2D eigenvalue weighted by Gasteiger charge is -2.33. The van der Waals surface area contributed by atoms with Crippen LogP contribution in [0.25, 0.3) is 0 Å². The highest BCUT2D eigenvalue weighted by atomic mass is 16.3. The predicted molar refractivity (Wildman–Crippen MR) is 64.2 cm³/mol. The molecule has 94 valence electrons. The summed E-state index contributed by atoms with van der Waals surface area (Å²) in [5.41, 5.74) is -0.319. The molecule has 1 fully saturated rings. The van der Waals surface area contributed by atoms with Crippen LogP contribution >= 0.6 is 0 Å². The van der Waals surface area contributed by atoms with Crippen LogP contribution in [-0.4, -0.2) is 35.2 Å². The van der Waals surface area contributed by atoms with Crippen molar-refractivity contribution in [2.45, 2.75) is 64.1 Å². The van der Waals surface area contributed by atoms with Crippen LogP contribution in [0.3, 0.4) is 0 Å². The molecule has 0 aromatic rings. The summed E-state index contributed by atoms with van der Waals surface area (Å²) in [5, 5.41) is 15.6. The Bertz CT molecular complexity index is 227. The van der Waals surface area contributed by atoms with Crippen LogP contribution < -0.4 is 10.6 Å². The number of nitrogens with one attached hydrogen (secondary N) is 2. The Labute approximate surface area is 97.8 Å². The number of aliphatic hydroxyl groups is 1. The van der Waals surface area contributed by atoms with Crippen LogP contribution in [0, 0.1) is 0 Å². The van der Waals surface area contributed by atoms with Crippen molar-refractivity contribution >= 4 is 5.91 Å². The zero-order chi connectivity index (χ0) is 12.2. The van der Waals surface area contributed by atoms with Crippen molar-refractivity contribution in [3.8, 4) is 0 Å². The van der Waals surface area contributed by atoms with Crippen LogP contribution in [-0.2, 0) is 4.79 Å². The van der Waals surface area contributed by atoms with E-state index in [9.17, 15) is 9.90 Å². The largest absolute Gasteiger partial charge is 0.394 e. The Kier molecular flexibility index (Phi) is 4.74. The van der Waals surface area contributed by atoms with E-state index in [0.29, 0.717) is 6.04 Å². The standard InChI is InChI=1S/C12H24N2O2/c1-4-12(5-2,8-15)14-9(3)11(16)13-10-6-7-10/h9-10,14-15H,4-8H2,1-3H3,(H,13,16).